The van der Waals surface area contributed by atoms with Crippen LogP contribution in [0.3, 0.4) is 0 Å². The fourth-order valence-corrected chi connectivity index (χ4v) is 5.04. The maximum absolute atomic E-state index is 14.8. The Hall–Kier alpha value is -3.83. The van der Waals surface area contributed by atoms with Gasteiger partial charge in [-0.1, -0.05) is 32.9 Å². The van der Waals surface area contributed by atoms with E-state index in [9.17, 15) is 18.8 Å². The van der Waals surface area contributed by atoms with Crippen molar-refractivity contribution < 1.29 is 4.39 Å². The van der Waals surface area contributed by atoms with Crippen molar-refractivity contribution >= 4 is 40.2 Å². The van der Waals surface area contributed by atoms with Gasteiger partial charge in [0.15, 0.2) is 0 Å². The van der Waals surface area contributed by atoms with E-state index in [1.165, 1.54) is 38.9 Å². The number of pyridine rings is 1. The Morgan fingerprint density at radius 2 is 1.75 bits per heavy atom. The van der Waals surface area contributed by atoms with Gasteiger partial charge in [-0.05, 0) is 62.6 Å². The van der Waals surface area contributed by atoms with Crippen molar-refractivity contribution in [2.24, 2.45) is 7.05 Å². The average molecular weight is 567 g/mol. The Bertz CT molecular complexity index is 1740. The second kappa shape index (κ2) is 12.1. The van der Waals surface area contributed by atoms with E-state index in [2.05, 4.69) is 14.8 Å². The number of aromatic nitrogens is 3. The molecular formula is C29H35FN6O3S. The monoisotopic (exact) mass is 566 g/mol. The van der Waals surface area contributed by atoms with E-state index in [1.807, 2.05) is 26.8 Å². The van der Waals surface area contributed by atoms with Crippen molar-refractivity contribution in [3.05, 3.63) is 90.6 Å². The molecule has 0 bridgehead atoms. The van der Waals surface area contributed by atoms with Crippen molar-refractivity contribution in [3.8, 4) is 5.69 Å². The highest BCUT2D eigenvalue weighted by Gasteiger charge is 2.31. The van der Waals surface area contributed by atoms with Gasteiger partial charge in [0, 0.05) is 43.0 Å². The van der Waals surface area contributed by atoms with Crippen molar-refractivity contribution in [2.75, 3.05) is 16.6 Å². The largest absolute Gasteiger partial charge is 0.338 e. The van der Waals surface area contributed by atoms with E-state index < -0.39 is 22.6 Å². The Morgan fingerprint density at radius 3 is 2.40 bits per heavy atom. The number of hydrogen-bond acceptors (Lipinski definition) is 7. The highest BCUT2D eigenvalue weighted by Crippen LogP contribution is 2.34. The summed E-state index contributed by atoms with van der Waals surface area (Å²) < 4.78 is 25.1. The predicted molar refractivity (Wildman–Crippen MR) is 163 cm³/mol. The minimum atomic E-state index is -0.515. The molecule has 2 aromatic heterocycles. The molecule has 5 rings (SSSR count). The first kappa shape index (κ1) is 29.2. The third-order valence-corrected chi connectivity index (χ3v) is 7.39. The van der Waals surface area contributed by atoms with Crippen LogP contribution in [-0.4, -0.2) is 20.2 Å². The van der Waals surface area contributed by atoms with E-state index in [4.69, 9.17) is 0 Å². The van der Waals surface area contributed by atoms with Crippen LogP contribution in [0.4, 0.5) is 21.6 Å². The molecule has 0 unspecified atom stereocenters. The molecule has 0 spiro atoms. The second-order valence-corrected chi connectivity index (χ2v) is 10.1. The number of benzene rings is 2. The second-order valence-electron chi connectivity index (χ2n) is 9.45. The van der Waals surface area contributed by atoms with Gasteiger partial charge in [-0.25, -0.2) is 13.9 Å². The van der Waals surface area contributed by atoms with Crippen LogP contribution in [0, 0.1) is 19.7 Å². The lowest BCUT2D eigenvalue weighted by Crippen LogP contribution is -2.41. The summed E-state index contributed by atoms with van der Waals surface area (Å²) in [5.41, 5.74) is 1.13. The van der Waals surface area contributed by atoms with E-state index in [1.54, 1.807) is 44.2 Å². The van der Waals surface area contributed by atoms with Gasteiger partial charge < -0.3 is 10.0 Å². The van der Waals surface area contributed by atoms with Gasteiger partial charge in [0.05, 0.1) is 16.9 Å². The van der Waals surface area contributed by atoms with E-state index in [0.29, 0.717) is 18.5 Å². The number of hydrogen-bond donors (Lipinski definition) is 3. The highest BCUT2D eigenvalue weighted by atomic mass is 32.2. The summed E-state index contributed by atoms with van der Waals surface area (Å²) in [6.07, 6.45) is 1.42. The minimum absolute atomic E-state index is 0.123. The number of halogens is 1. The lowest BCUT2D eigenvalue weighted by Gasteiger charge is -2.21. The summed E-state index contributed by atoms with van der Waals surface area (Å²) in [7, 11) is 1.53. The van der Waals surface area contributed by atoms with Crippen LogP contribution in [0.5, 0.6) is 0 Å². The van der Waals surface area contributed by atoms with E-state index >= 15 is 0 Å². The molecule has 0 radical (unpaired) electrons. The van der Waals surface area contributed by atoms with Crippen LogP contribution < -0.4 is 31.6 Å². The van der Waals surface area contributed by atoms with Crippen LogP contribution in [0.15, 0.2) is 56.8 Å². The third kappa shape index (κ3) is 5.44. The molecule has 1 aliphatic rings. The summed E-state index contributed by atoms with van der Waals surface area (Å²) in [5.74, 6) is -0.387. The quantitative estimate of drug-likeness (QED) is 0.197. The van der Waals surface area contributed by atoms with Crippen molar-refractivity contribution in [1.82, 2.24) is 18.4 Å². The maximum Gasteiger partial charge on any atom is 0.336 e. The first-order chi connectivity index (χ1) is 19.2. The number of anilines is 3. The molecule has 1 saturated carbocycles. The number of aryl methyl sites for hydroxylation is 2. The minimum Gasteiger partial charge on any atom is -0.338 e. The van der Waals surface area contributed by atoms with E-state index in [-0.39, 0.29) is 34.0 Å². The van der Waals surface area contributed by atoms with Crippen molar-refractivity contribution in [2.45, 2.75) is 53.5 Å². The number of fused-ring (bicyclic) bond motifs is 1. The highest BCUT2D eigenvalue weighted by molar-refractivity contribution is 7.98. The van der Waals surface area contributed by atoms with Gasteiger partial charge in [0.1, 0.15) is 17.0 Å². The Kier molecular flexibility index (Phi) is 8.85. The fraction of sp³-hybridized carbons (Fsp3) is 0.345. The smallest absolute Gasteiger partial charge is 0.336 e. The van der Waals surface area contributed by atoms with Crippen molar-refractivity contribution in [3.63, 3.8) is 0 Å². The molecule has 0 amide bonds. The SMILES string of the molecule is CC.CCNSNc1cccc(-n2c(=O)n(C3CC3)c(=O)c3c(Nc4ccc(C)cc4F)n(C)c(=O)c(C)c32)c1. The molecule has 0 atom stereocenters. The molecule has 11 heteroatoms. The maximum atomic E-state index is 14.8. The first-order valence-corrected chi connectivity index (χ1v) is 14.2. The zero-order chi connectivity index (χ0) is 29.1. The molecule has 1 fully saturated rings. The van der Waals surface area contributed by atoms with Crippen LogP contribution in [0.1, 0.15) is 50.8 Å². The molecule has 2 aromatic carbocycles. The molecule has 9 nitrogen and oxygen atoms in total. The van der Waals surface area contributed by atoms with Crippen LogP contribution in [-0.2, 0) is 7.05 Å². The molecule has 212 valence electrons. The van der Waals surface area contributed by atoms with Crippen LogP contribution in [0.25, 0.3) is 16.6 Å². The fourth-order valence-electron chi connectivity index (χ4n) is 4.58. The standard InChI is InChI=1S/C27H29FN6O3S.C2H6/c1-5-29-38-31-17-7-6-8-19(14-17)33-23-16(3)25(35)32(4)24(30-21-12-9-15(2)13-20(21)28)22(23)26(36)34(27(33)37)18-10-11-18;1-2/h6-9,12-14,18,29-31H,5,10-11H2,1-4H3;1-2H3. The molecule has 2 heterocycles. The Balaban J connectivity index is 0.00000181. The Labute approximate surface area is 236 Å². The summed E-state index contributed by atoms with van der Waals surface area (Å²) >= 11 is 1.31. The molecule has 40 heavy (non-hydrogen) atoms. The first-order valence-electron chi connectivity index (χ1n) is 13.4. The van der Waals surface area contributed by atoms with Gasteiger partial charge in [0.2, 0.25) is 0 Å². The van der Waals surface area contributed by atoms with Crippen molar-refractivity contribution in [1.29, 1.82) is 0 Å². The molecule has 4 aromatic rings. The lowest BCUT2D eigenvalue weighted by atomic mass is 10.1. The van der Waals surface area contributed by atoms with Gasteiger partial charge in [-0.15, -0.1) is 0 Å². The topological polar surface area (TPSA) is 102 Å². The summed E-state index contributed by atoms with van der Waals surface area (Å²) in [6, 6.07) is 11.7. The molecule has 1 aliphatic carbocycles. The molecule has 3 N–H and O–H groups in total. The van der Waals surface area contributed by atoms with Gasteiger partial charge >= 0.3 is 5.69 Å². The predicted octanol–water partition coefficient (Wildman–Crippen LogP) is 5.30. The molecule has 0 saturated heterocycles. The zero-order valence-electron chi connectivity index (χ0n) is 23.6. The normalized spacial score (nSPS) is 12.7. The van der Waals surface area contributed by atoms with E-state index in [0.717, 1.165) is 17.8 Å². The van der Waals surface area contributed by atoms with Gasteiger partial charge in [-0.3, -0.25) is 23.3 Å². The Morgan fingerprint density at radius 1 is 1.02 bits per heavy atom. The van der Waals surface area contributed by atoms with Crippen LogP contribution >= 0.6 is 12.1 Å². The van der Waals surface area contributed by atoms with Gasteiger partial charge in [0.25, 0.3) is 11.1 Å². The number of nitrogens with one attached hydrogen (secondary N) is 3. The summed E-state index contributed by atoms with van der Waals surface area (Å²) in [5, 5.41) is 3.13. The zero-order valence-corrected chi connectivity index (χ0v) is 24.4. The summed E-state index contributed by atoms with van der Waals surface area (Å²) in [4.78, 5) is 41.2. The molecule has 0 aliphatic heterocycles. The summed E-state index contributed by atoms with van der Waals surface area (Å²) in [6.45, 7) is 10.1. The average Bonchev–Trinajstić information content (AvgIpc) is 3.78. The van der Waals surface area contributed by atoms with Crippen LogP contribution in [0.2, 0.25) is 0 Å². The van der Waals surface area contributed by atoms with Gasteiger partial charge in [-0.2, -0.15) is 0 Å². The third-order valence-electron chi connectivity index (χ3n) is 6.62. The number of rotatable bonds is 8. The molecular weight excluding hydrogens is 531 g/mol. The lowest BCUT2D eigenvalue weighted by molar-refractivity contribution is 0.630. The number of nitrogens with zero attached hydrogens (tertiary/aromatic N) is 3.